The minimum absolute atomic E-state index is 0.119. The molecule has 3 aliphatic rings. The van der Waals surface area contributed by atoms with Gasteiger partial charge in [-0.15, -0.1) is 0 Å². The molecule has 2 aromatic carbocycles. The van der Waals surface area contributed by atoms with Crippen molar-refractivity contribution >= 4 is 17.2 Å². The maximum Gasteiger partial charge on any atom is 0.136 e. The van der Waals surface area contributed by atoms with Gasteiger partial charge in [0.15, 0.2) is 0 Å². The van der Waals surface area contributed by atoms with Gasteiger partial charge in [-0.3, -0.25) is 0 Å². The number of fused-ring (bicyclic) bond motifs is 1. The Balaban J connectivity index is 1.44. The molecule has 3 heteroatoms. The molecule has 162 valence electrons. The van der Waals surface area contributed by atoms with Crippen LogP contribution in [0.15, 0.2) is 66.9 Å². The number of nitrogens with zero attached hydrogens (tertiary/aromatic N) is 2. The molecule has 0 bridgehead atoms. The van der Waals surface area contributed by atoms with Crippen LogP contribution in [0.4, 0.5) is 0 Å². The van der Waals surface area contributed by atoms with E-state index >= 15 is 0 Å². The highest BCUT2D eigenvalue weighted by Crippen LogP contribution is 2.44. The standard InChI is InChI=1S/C29H31N3/c1-20-27(23-11-13-24(14-12-23)29(30)16-5-17-29)26(22-6-3-2-4-7-22)19-32-25(18-31-28(20)32)15-10-21-8-9-21/h2-4,6-7,10-15,18,21,26H,5,8-9,16-17,19,30H2,1H3/b15-10+. The Morgan fingerprint density at radius 2 is 1.78 bits per heavy atom. The molecular weight excluding hydrogens is 390 g/mol. The van der Waals surface area contributed by atoms with E-state index in [4.69, 9.17) is 10.7 Å². The van der Waals surface area contributed by atoms with E-state index in [9.17, 15) is 0 Å². The highest BCUT2D eigenvalue weighted by atomic mass is 15.1. The largest absolute Gasteiger partial charge is 0.324 e. The van der Waals surface area contributed by atoms with Crippen molar-refractivity contribution in [2.75, 3.05) is 0 Å². The van der Waals surface area contributed by atoms with Crippen LogP contribution in [-0.2, 0) is 12.1 Å². The SMILES string of the molecule is CC1=C(c2ccc(C3(N)CCC3)cc2)C(c2ccccc2)Cn2c(/C=C/C3CC3)cnc21. The second-order valence-corrected chi connectivity index (χ2v) is 9.90. The highest BCUT2D eigenvalue weighted by molar-refractivity contribution is 5.92. The fourth-order valence-corrected chi connectivity index (χ4v) is 5.40. The first-order valence-electron chi connectivity index (χ1n) is 12.0. The van der Waals surface area contributed by atoms with Crippen LogP contribution in [-0.4, -0.2) is 9.55 Å². The summed E-state index contributed by atoms with van der Waals surface area (Å²) >= 11 is 0. The number of nitrogens with two attached hydrogens (primary N) is 1. The third-order valence-corrected chi connectivity index (χ3v) is 7.72. The van der Waals surface area contributed by atoms with E-state index in [0.29, 0.717) is 5.92 Å². The van der Waals surface area contributed by atoms with Gasteiger partial charge in [-0.05, 0) is 78.9 Å². The monoisotopic (exact) mass is 421 g/mol. The first-order valence-corrected chi connectivity index (χ1v) is 12.0. The molecule has 0 radical (unpaired) electrons. The summed E-state index contributed by atoms with van der Waals surface area (Å²) in [6.07, 6.45) is 12.8. The van der Waals surface area contributed by atoms with E-state index in [-0.39, 0.29) is 5.54 Å². The number of rotatable bonds is 5. The van der Waals surface area contributed by atoms with E-state index in [1.807, 2.05) is 6.20 Å². The zero-order valence-electron chi connectivity index (χ0n) is 18.8. The number of imidazole rings is 1. The van der Waals surface area contributed by atoms with Gasteiger partial charge in [0.05, 0.1) is 11.9 Å². The molecule has 3 nitrogen and oxygen atoms in total. The number of benzene rings is 2. The molecule has 1 aliphatic heterocycles. The first-order chi connectivity index (χ1) is 15.6. The van der Waals surface area contributed by atoms with Gasteiger partial charge in [-0.2, -0.15) is 0 Å². The van der Waals surface area contributed by atoms with E-state index in [1.165, 1.54) is 52.8 Å². The number of hydrogen-bond donors (Lipinski definition) is 1. The van der Waals surface area contributed by atoms with E-state index < -0.39 is 0 Å². The first kappa shape index (κ1) is 19.8. The van der Waals surface area contributed by atoms with Crippen molar-refractivity contribution in [2.45, 2.75) is 57.0 Å². The van der Waals surface area contributed by atoms with Gasteiger partial charge in [0.1, 0.15) is 5.82 Å². The Hall–Kier alpha value is -2.91. The molecule has 2 N–H and O–H groups in total. The molecule has 2 aliphatic carbocycles. The quantitative estimate of drug-likeness (QED) is 0.520. The lowest BCUT2D eigenvalue weighted by Gasteiger charge is -2.39. The van der Waals surface area contributed by atoms with Crippen LogP contribution in [0.1, 0.15) is 73.2 Å². The van der Waals surface area contributed by atoms with Crippen molar-refractivity contribution < 1.29 is 0 Å². The summed E-state index contributed by atoms with van der Waals surface area (Å²) in [5.41, 5.74) is 14.3. The van der Waals surface area contributed by atoms with Crippen LogP contribution < -0.4 is 5.73 Å². The van der Waals surface area contributed by atoms with Crippen molar-refractivity contribution in [3.63, 3.8) is 0 Å². The van der Waals surface area contributed by atoms with Crippen LogP contribution in [0.2, 0.25) is 0 Å². The molecule has 6 rings (SSSR count). The van der Waals surface area contributed by atoms with Crippen LogP contribution in [0.3, 0.4) is 0 Å². The molecule has 2 saturated carbocycles. The van der Waals surface area contributed by atoms with Crippen molar-refractivity contribution in [1.29, 1.82) is 0 Å². The Morgan fingerprint density at radius 1 is 1.03 bits per heavy atom. The van der Waals surface area contributed by atoms with E-state index in [2.05, 4.69) is 78.2 Å². The normalized spacial score (nSPS) is 22.1. The molecular formula is C29H31N3. The van der Waals surface area contributed by atoms with E-state index in [1.54, 1.807) is 0 Å². The predicted molar refractivity (Wildman–Crippen MR) is 132 cm³/mol. The fourth-order valence-electron chi connectivity index (χ4n) is 5.40. The van der Waals surface area contributed by atoms with Crippen molar-refractivity contribution in [3.05, 3.63) is 95.1 Å². The lowest BCUT2D eigenvalue weighted by molar-refractivity contribution is 0.253. The van der Waals surface area contributed by atoms with Crippen LogP contribution in [0, 0.1) is 5.92 Å². The molecule has 1 aromatic heterocycles. The van der Waals surface area contributed by atoms with Gasteiger partial charge < -0.3 is 10.3 Å². The number of allylic oxidation sites excluding steroid dienone is 3. The van der Waals surface area contributed by atoms with Gasteiger partial charge in [0, 0.05) is 18.0 Å². The summed E-state index contributed by atoms with van der Waals surface area (Å²) in [7, 11) is 0. The second-order valence-electron chi connectivity index (χ2n) is 9.90. The Labute approximate surface area is 190 Å². The predicted octanol–water partition coefficient (Wildman–Crippen LogP) is 6.37. The maximum absolute atomic E-state index is 6.59. The zero-order chi connectivity index (χ0) is 21.7. The Bertz CT molecular complexity index is 1190. The lowest BCUT2D eigenvalue weighted by atomic mass is 9.72. The summed E-state index contributed by atoms with van der Waals surface area (Å²) in [5, 5.41) is 0. The Kier molecular flexibility index (Phi) is 4.69. The zero-order valence-corrected chi connectivity index (χ0v) is 18.8. The van der Waals surface area contributed by atoms with Crippen LogP contribution in [0.5, 0.6) is 0 Å². The summed E-state index contributed by atoms with van der Waals surface area (Å²) in [6, 6.07) is 20.0. The molecule has 0 saturated heterocycles. The third-order valence-electron chi connectivity index (χ3n) is 7.72. The number of hydrogen-bond acceptors (Lipinski definition) is 2. The molecule has 32 heavy (non-hydrogen) atoms. The van der Waals surface area contributed by atoms with Gasteiger partial charge in [-0.1, -0.05) is 60.7 Å². The molecule has 0 amide bonds. The smallest absolute Gasteiger partial charge is 0.136 e. The van der Waals surface area contributed by atoms with Crippen molar-refractivity contribution in [3.8, 4) is 0 Å². The van der Waals surface area contributed by atoms with Crippen molar-refractivity contribution in [2.24, 2.45) is 11.7 Å². The molecule has 3 aromatic rings. The lowest BCUT2D eigenvalue weighted by Crippen LogP contribution is -2.43. The topological polar surface area (TPSA) is 43.8 Å². The van der Waals surface area contributed by atoms with Gasteiger partial charge in [0.25, 0.3) is 0 Å². The summed E-state index contributed by atoms with van der Waals surface area (Å²) in [4.78, 5) is 4.85. The minimum Gasteiger partial charge on any atom is -0.324 e. The van der Waals surface area contributed by atoms with Gasteiger partial charge in [-0.25, -0.2) is 4.98 Å². The van der Waals surface area contributed by atoms with Crippen LogP contribution in [0.25, 0.3) is 17.2 Å². The molecule has 1 atom stereocenters. The molecule has 2 fully saturated rings. The Morgan fingerprint density at radius 3 is 2.44 bits per heavy atom. The maximum atomic E-state index is 6.59. The summed E-state index contributed by atoms with van der Waals surface area (Å²) in [5.74, 6) is 2.16. The average molecular weight is 422 g/mol. The second kappa shape index (κ2) is 7.60. The van der Waals surface area contributed by atoms with Crippen molar-refractivity contribution in [1.82, 2.24) is 9.55 Å². The summed E-state index contributed by atoms with van der Waals surface area (Å²) in [6.45, 7) is 3.15. The van der Waals surface area contributed by atoms with E-state index in [0.717, 1.165) is 31.1 Å². The third kappa shape index (κ3) is 3.36. The fraction of sp³-hybridized carbons (Fsp3) is 0.345. The minimum atomic E-state index is -0.119. The van der Waals surface area contributed by atoms with Crippen LogP contribution >= 0.6 is 0 Å². The molecule has 1 unspecified atom stereocenters. The number of aromatic nitrogens is 2. The average Bonchev–Trinajstić information content (AvgIpc) is 3.55. The molecule has 0 spiro atoms. The van der Waals surface area contributed by atoms with Gasteiger partial charge >= 0.3 is 0 Å². The summed E-state index contributed by atoms with van der Waals surface area (Å²) < 4.78 is 2.41. The highest BCUT2D eigenvalue weighted by Gasteiger charge is 2.35. The van der Waals surface area contributed by atoms with Gasteiger partial charge in [0.2, 0.25) is 0 Å². The molecule has 2 heterocycles.